The fraction of sp³-hybridized carbons (Fsp3) is 0. The molecule has 0 atom stereocenters. The Bertz CT molecular complexity index is 731. The normalized spacial score (nSPS) is 8.94. The molecule has 0 aliphatic rings. The first-order chi connectivity index (χ1) is 8.80. The second-order valence-electron chi connectivity index (χ2n) is 3.35. The van der Waals surface area contributed by atoms with Gasteiger partial charge in [-0.1, -0.05) is 12.1 Å². The highest BCUT2D eigenvalue weighted by Gasteiger charge is 2.08. The summed E-state index contributed by atoms with van der Waals surface area (Å²) in [6.07, 6.45) is 1.64. The van der Waals surface area contributed by atoms with Crippen LogP contribution in [0.3, 0.4) is 0 Å². The first kappa shape index (κ1) is 11.2. The number of aromatic nitrogens is 2. The van der Waals surface area contributed by atoms with E-state index in [9.17, 15) is 0 Å². The van der Waals surface area contributed by atoms with Gasteiger partial charge in [0.05, 0.1) is 17.4 Å². The van der Waals surface area contributed by atoms with Crippen LogP contribution in [0, 0.1) is 34.0 Å². The van der Waals surface area contributed by atoms with Crippen LogP contribution in [0.4, 0.5) is 5.69 Å². The summed E-state index contributed by atoms with van der Waals surface area (Å²) in [4.78, 5) is 0. The molecule has 1 heterocycles. The zero-order valence-corrected chi connectivity index (χ0v) is 9.10. The number of hydrogen-bond donors (Lipinski definition) is 2. The molecule has 0 spiro atoms. The van der Waals surface area contributed by atoms with Crippen LogP contribution < -0.4 is 5.32 Å². The number of anilines is 1. The largest absolute Gasteiger partial charge is 0.343 e. The van der Waals surface area contributed by atoms with Gasteiger partial charge in [0.2, 0.25) is 0 Å². The number of hydrogen-bond acceptors (Lipinski definition) is 5. The van der Waals surface area contributed by atoms with E-state index in [-0.39, 0.29) is 11.3 Å². The van der Waals surface area contributed by atoms with Gasteiger partial charge in [-0.3, -0.25) is 5.10 Å². The lowest BCUT2D eigenvalue weighted by molar-refractivity contribution is 1.12. The predicted octanol–water partition coefficient (Wildman–Crippen LogP) is 1.80. The standard InChI is InChI=1S/C12H6N6/c13-4-9(5-14)11(6-15)17-10-3-1-2-8-7-16-18-12(8)10/h1-3,7,17H,(H,16,18). The van der Waals surface area contributed by atoms with Gasteiger partial charge in [-0.05, 0) is 6.07 Å². The maximum atomic E-state index is 8.94. The van der Waals surface area contributed by atoms with Crippen molar-refractivity contribution < 1.29 is 0 Å². The molecular weight excluding hydrogens is 228 g/mol. The van der Waals surface area contributed by atoms with Crippen LogP contribution in [-0.2, 0) is 0 Å². The monoisotopic (exact) mass is 234 g/mol. The highest BCUT2D eigenvalue weighted by atomic mass is 15.1. The molecule has 0 saturated heterocycles. The summed E-state index contributed by atoms with van der Waals surface area (Å²) >= 11 is 0. The van der Waals surface area contributed by atoms with E-state index in [0.29, 0.717) is 11.2 Å². The summed E-state index contributed by atoms with van der Waals surface area (Å²) in [5, 5.41) is 36.7. The van der Waals surface area contributed by atoms with Crippen LogP contribution in [0.15, 0.2) is 35.7 Å². The van der Waals surface area contributed by atoms with Gasteiger partial charge in [-0.2, -0.15) is 20.9 Å². The number of allylic oxidation sites excluding steroid dienone is 2. The second-order valence-corrected chi connectivity index (χ2v) is 3.35. The third-order valence-corrected chi connectivity index (χ3v) is 2.32. The van der Waals surface area contributed by atoms with Gasteiger partial charge in [-0.15, -0.1) is 0 Å². The van der Waals surface area contributed by atoms with Gasteiger partial charge in [-0.25, -0.2) is 0 Å². The molecule has 0 aliphatic heterocycles. The smallest absolute Gasteiger partial charge is 0.163 e. The van der Waals surface area contributed by atoms with Crippen molar-refractivity contribution in [2.24, 2.45) is 0 Å². The Balaban J connectivity index is 2.50. The maximum absolute atomic E-state index is 8.94. The van der Waals surface area contributed by atoms with Crippen LogP contribution in [-0.4, -0.2) is 10.2 Å². The highest BCUT2D eigenvalue weighted by molar-refractivity contribution is 5.91. The molecule has 0 amide bonds. The number of para-hydroxylation sites is 1. The molecule has 1 aromatic heterocycles. The number of nitrogens with one attached hydrogen (secondary N) is 2. The summed E-state index contributed by atoms with van der Waals surface area (Å²) in [5.74, 6) is 0. The van der Waals surface area contributed by atoms with E-state index in [1.54, 1.807) is 36.5 Å². The van der Waals surface area contributed by atoms with E-state index in [1.807, 2.05) is 6.07 Å². The van der Waals surface area contributed by atoms with Crippen molar-refractivity contribution in [3.63, 3.8) is 0 Å². The lowest BCUT2D eigenvalue weighted by Crippen LogP contribution is -2.01. The Hall–Kier alpha value is -3.30. The molecule has 6 heteroatoms. The molecule has 84 valence electrons. The molecule has 0 radical (unpaired) electrons. The average Bonchev–Trinajstić information content (AvgIpc) is 2.88. The SMILES string of the molecule is N#CC(C#N)=C(C#N)Nc1cccc2cn[nH]c12. The van der Waals surface area contributed by atoms with Gasteiger partial charge in [0, 0.05) is 5.39 Å². The third kappa shape index (κ3) is 1.84. The minimum absolute atomic E-state index is 0.0814. The van der Waals surface area contributed by atoms with Crippen molar-refractivity contribution in [1.29, 1.82) is 15.8 Å². The number of nitriles is 3. The molecular formula is C12H6N6. The molecule has 18 heavy (non-hydrogen) atoms. The van der Waals surface area contributed by atoms with E-state index < -0.39 is 0 Å². The number of aromatic amines is 1. The molecule has 2 N–H and O–H groups in total. The van der Waals surface area contributed by atoms with Crippen LogP contribution in [0.1, 0.15) is 0 Å². The fourth-order valence-electron chi connectivity index (χ4n) is 1.49. The summed E-state index contributed by atoms with van der Waals surface area (Å²) < 4.78 is 0. The van der Waals surface area contributed by atoms with E-state index in [2.05, 4.69) is 15.5 Å². The molecule has 6 nitrogen and oxygen atoms in total. The Kier molecular flexibility index (Phi) is 2.92. The topological polar surface area (TPSA) is 112 Å². The van der Waals surface area contributed by atoms with Crippen LogP contribution in [0.25, 0.3) is 10.9 Å². The lowest BCUT2D eigenvalue weighted by Gasteiger charge is -2.05. The third-order valence-electron chi connectivity index (χ3n) is 2.32. The number of nitrogens with zero attached hydrogens (tertiary/aromatic N) is 4. The van der Waals surface area contributed by atoms with Crippen molar-refractivity contribution in [3.8, 4) is 18.2 Å². The van der Waals surface area contributed by atoms with E-state index in [4.69, 9.17) is 15.8 Å². The summed E-state index contributed by atoms with van der Waals surface area (Å²) in [6.45, 7) is 0. The lowest BCUT2D eigenvalue weighted by atomic mass is 10.2. The Morgan fingerprint density at radius 3 is 2.61 bits per heavy atom. The number of benzene rings is 1. The average molecular weight is 234 g/mol. The Morgan fingerprint density at radius 2 is 1.94 bits per heavy atom. The Morgan fingerprint density at radius 1 is 1.17 bits per heavy atom. The zero-order valence-electron chi connectivity index (χ0n) is 9.10. The van der Waals surface area contributed by atoms with Gasteiger partial charge in [0.15, 0.2) is 5.57 Å². The van der Waals surface area contributed by atoms with Crippen LogP contribution in [0.5, 0.6) is 0 Å². The van der Waals surface area contributed by atoms with Crippen molar-refractivity contribution in [3.05, 3.63) is 35.7 Å². The number of H-pyrrole nitrogens is 1. The van der Waals surface area contributed by atoms with Crippen molar-refractivity contribution in [1.82, 2.24) is 10.2 Å². The molecule has 2 aromatic rings. The number of rotatable bonds is 2. The minimum Gasteiger partial charge on any atom is -0.343 e. The molecule has 0 fully saturated rings. The first-order valence-corrected chi connectivity index (χ1v) is 4.94. The van der Waals surface area contributed by atoms with Crippen molar-refractivity contribution >= 4 is 16.6 Å². The molecule has 0 unspecified atom stereocenters. The fourth-order valence-corrected chi connectivity index (χ4v) is 1.49. The zero-order chi connectivity index (χ0) is 13.0. The van der Waals surface area contributed by atoms with E-state index in [1.165, 1.54) is 0 Å². The van der Waals surface area contributed by atoms with Gasteiger partial charge in [0.25, 0.3) is 0 Å². The molecule has 0 saturated carbocycles. The minimum atomic E-state index is -0.256. The molecule has 1 aromatic carbocycles. The van der Waals surface area contributed by atoms with E-state index in [0.717, 1.165) is 5.39 Å². The van der Waals surface area contributed by atoms with Crippen LogP contribution in [0.2, 0.25) is 0 Å². The molecule has 2 rings (SSSR count). The van der Waals surface area contributed by atoms with Crippen molar-refractivity contribution in [2.75, 3.05) is 5.32 Å². The quantitative estimate of drug-likeness (QED) is 0.769. The summed E-state index contributed by atoms with van der Waals surface area (Å²) in [5.41, 5.74) is 0.959. The summed E-state index contributed by atoms with van der Waals surface area (Å²) in [7, 11) is 0. The Labute approximate surface area is 102 Å². The van der Waals surface area contributed by atoms with E-state index >= 15 is 0 Å². The molecule has 0 aliphatic carbocycles. The molecule has 0 bridgehead atoms. The van der Waals surface area contributed by atoms with Crippen molar-refractivity contribution in [2.45, 2.75) is 0 Å². The second kappa shape index (κ2) is 4.69. The van der Waals surface area contributed by atoms with Crippen LogP contribution >= 0.6 is 0 Å². The van der Waals surface area contributed by atoms with Gasteiger partial charge in [0.1, 0.15) is 23.9 Å². The predicted molar refractivity (Wildman–Crippen MR) is 63.6 cm³/mol. The maximum Gasteiger partial charge on any atom is 0.163 e. The van der Waals surface area contributed by atoms with Gasteiger partial charge >= 0.3 is 0 Å². The van der Waals surface area contributed by atoms with Gasteiger partial charge < -0.3 is 5.32 Å². The summed E-state index contributed by atoms with van der Waals surface area (Å²) in [6, 6.07) is 10.5. The first-order valence-electron chi connectivity index (χ1n) is 4.94. The highest BCUT2D eigenvalue weighted by Crippen LogP contribution is 2.22. The number of fused-ring (bicyclic) bond motifs is 1.